The smallest absolute Gasteiger partial charge is 0.305 e. The number of benzene rings is 1. The van der Waals surface area contributed by atoms with E-state index in [2.05, 4.69) is 40.4 Å². The highest BCUT2D eigenvalue weighted by molar-refractivity contribution is 8.22. The molecule has 1 N–H and O–H groups in total. The van der Waals surface area contributed by atoms with E-state index in [1.54, 1.807) is 11.8 Å². The first-order valence-electron chi connectivity index (χ1n) is 7.14. The van der Waals surface area contributed by atoms with Crippen LogP contribution in [0.25, 0.3) is 10.1 Å². The fraction of sp³-hybridized carbons (Fsp3) is 0.375. The highest BCUT2D eigenvalue weighted by atomic mass is 32.2. The van der Waals surface area contributed by atoms with Gasteiger partial charge in [-0.25, -0.2) is 0 Å². The monoisotopic (exact) mass is 353 g/mol. The lowest BCUT2D eigenvalue weighted by atomic mass is 10.2. The fourth-order valence-electron chi connectivity index (χ4n) is 1.98. The van der Waals surface area contributed by atoms with Crippen molar-refractivity contribution in [2.75, 3.05) is 19.4 Å². The molecule has 22 heavy (non-hydrogen) atoms. The van der Waals surface area contributed by atoms with Crippen LogP contribution in [0.2, 0.25) is 0 Å². The van der Waals surface area contributed by atoms with E-state index in [-0.39, 0.29) is 5.97 Å². The van der Waals surface area contributed by atoms with Gasteiger partial charge >= 0.3 is 5.97 Å². The van der Waals surface area contributed by atoms with E-state index in [0.29, 0.717) is 6.42 Å². The lowest BCUT2D eigenvalue weighted by Gasteiger charge is -2.06. The lowest BCUT2D eigenvalue weighted by Crippen LogP contribution is -2.21. The molecule has 0 aliphatic carbocycles. The quantitative estimate of drug-likeness (QED) is 0.463. The highest BCUT2D eigenvalue weighted by Gasteiger charge is 2.03. The third-order valence-corrected chi connectivity index (χ3v) is 5.68. The molecule has 0 atom stereocenters. The number of thiophene rings is 1. The Balaban J connectivity index is 1.63. The van der Waals surface area contributed by atoms with Gasteiger partial charge in [0, 0.05) is 28.3 Å². The summed E-state index contributed by atoms with van der Waals surface area (Å²) in [6, 6.07) is 10.7. The van der Waals surface area contributed by atoms with Crippen molar-refractivity contribution in [2.24, 2.45) is 0 Å². The van der Waals surface area contributed by atoms with Crippen molar-refractivity contribution in [1.29, 1.82) is 0 Å². The maximum atomic E-state index is 11.0. The number of methoxy groups -OCH3 is 1. The molecule has 0 amide bonds. The second-order valence-electron chi connectivity index (χ2n) is 4.74. The van der Waals surface area contributed by atoms with Gasteiger partial charge in [-0.2, -0.15) is 0 Å². The molecule has 0 fully saturated rings. The molecule has 0 unspecified atom stereocenters. The first kappa shape index (κ1) is 17.2. The number of rotatable bonds is 7. The SMILES string of the molecule is COC(=O)CCCSC(=S)NCCc1cc2ccccc2s1. The second-order valence-corrected chi connectivity index (χ2v) is 7.68. The molecule has 3 nitrogen and oxygen atoms in total. The molecule has 0 saturated carbocycles. The van der Waals surface area contributed by atoms with E-state index in [0.717, 1.165) is 29.5 Å². The van der Waals surface area contributed by atoms with Crippen LogP contribution in [0.4, 0.5) is 0 Å². The minimum absolute atomic E-state index is 0.163. The first-order valence-corrected chi connectivity index (χ1v) is 9.35. The summed E-state index contributed by atoms with van der Waals surface area (Å²) in [6.45, 7) is 0.843. The minimum Gasteiger partial charge on any atom is -0.469 e. The van der Waals surface area contributed by atoms with Crippen LogP contribution in [0.3, 0.4) is 0 Å². The number of fused-ring (bicyclic) bond motifs is 1. The van der Waals surface area contributed by atoms with Crippen LogP contribution >= 0.6 is 35.3 Å². The lowest BCUT2D eigenvalue weighted by molar-refractivity contribution is -0.140. The number of thioether (sulfide) groups is 1. The predicted molar refractivity (Wildman–Crippen MR) is 99.8 cm³/mol. The van der Waals surface area contributed by atoms with Crippen LogP contribution < -0.4 is 5.32 Å². The van der Waals surface area contributed by atoms with E-state index >= 15 is 0 Å². The van der Waals surface area contributed by atoms with Gasteiger partial charge < -0.3 is 10.1 Å². The van der Waals surface area contributed by atoms with Crippen LogP contribution in [0, 0.1) is 0 Å². The van der Waals surface area contributed by atoms with Gasteiger partial charge in [0.2, 0.25) is 0 Å². The third kappa shape index (κ3) is 5.59. The zero-order valence-corrected chi connectivity index (χ0v) is 14.9. The molecule has 0 spiro atoms. The topological polar surface area (TPSA) is 38.3 Å². The average Bonchev–Trinajstić information content (AvgIpc) is 2.94. The van der Waals surface area contributed by atoms with Gasteiger partial charge in [0.15, 0.2) is 0 Å². The zero-order valence-electron chi connectivity index (χ0n) is 12.5. The molecule has 0 radical (unpaired) electrons. The number of carbonyl (C=O) groups is 1. The molecule has 0 bridgehead atoms. The van der Waals surface area contributed by atoms with Crippen LogP contribution in [0.1, 0.15) is 17.7 Å². The van der Waals surface area contributed by atoms with Crippen LogP contribution in [0.5, 0.6) is 0 Å². The van der Waals surface area contributed by atoms with E-state index < -0.39 is 0 Å². The molecule has 1 aromatic heterocycles. The van der Waals surface area contributed by atoms with Crippen molar-refractivity contribution >= 4 is 55.7 Å². The van der Waals surface area contributed by atoms with Crippen LogP contribution in [-0.4, -0.2) is 29.7 Å². The fourth-order valence-corrected chi connectivity index (χ4v) is 4.08. The second kappa shape index (κ2) is 9.12. The Labute approximate surface area is 144 Å². The van der Waals surface area contributed by atoms with Crippen molar-refractivity contribution in [3.05, 3.63) is 35.2 Å². The Morgan fingerprint density at radius 3 is 3.00 bits per heavy atom. The Kier molecular flexibility index (Phi) is 7.15. The predicted octanol–water partition coefficient (Wildman–Crippen LogP) is 4.00. The van der Waals surface area contributed by atoms with Gasteiger partial charge in [0.05, 0.1) is 7.11 Å². The van der Waals surface area contributed by atoms with Gasteiger partial charge in [-0.1, -0.05) is 42.2 Å². The number of ether oxygens (including phenoxy) is 1. The maximum absolute atomic E-state index is 11.0. The molecule has 2 rings (SSSR count). The summed E-state index contributed by atoms with van der Waals surface area (Å²) >= 11 is 8.70. The first-order chi connectivity index (χ1) is 10.7. The number of thiocarbonyl (C=S) groups is 1. The van der Waals surface area contributed by atoms with Crippen molar-refractivity contribution < 1.29 is 9.53 Å². The maximum Gasteiger partial charge on any atom is 0.305 e. The molecule has 1 aromatic carbocycles. The summed E-state index contributed by atoms with van der Waals surface area (Å²) in [6.07, 6.45) is 2.21. The molecule has 6 heteroatoms. The largest absolute Gasteiger partial charge is 0.469 e. The Morgan fingerprint density at radius 2 is 2.23 bits per heavy atom. The standard InChI is InChI=1S/C16H19NO2S3/c1-19-15(18)7-4-10-21-16(20)17-9-8-13-11-12-5-2-3-6-14(12)22-13/h2-3,5-6,11H,4,7-10H2,1H3,(H,17,20). The summed E-state index contributed by atoms with van der Waals surface area (Å²) < 4.78 is 6.73. The molecule has 2 aromatic rings. The van der Waals surface area contributed by atoms with Crippen LogP contribution in [-0.2, 0) is 16.0 Å². The third-order valence-electron chi connectivity index (χ3n) is 3.10. The van der Waals surface area contributed by atoms with Crippen molar-refractivity contribution in [3.63, 3.8) is 0 Å². The summed E-state index contributed by atoms with van der Waals surface area (Å²) in [4.78, 5) is 12.3. The molecule has 1 heterocycles. The summed E-state index contributed by atoms with van der Waals surface area (Å²) in [5.41, 5.74) is 0. The van der Waals surface area contributed by atoms with Crippen molar-refractivity contribution in [1.82, 2.24) is 5.32 Å². The minimum atomic E-state index is -0.163. The molecular formula is C16H19NO2S3. The van der Waals surface area contributed by atoms with Gasteiger partial charge in [-0.3, -0.25) is 4.79 Å². The normalized spacial score (nSPS) is 10.6. The van der Waals surface area contributed by atoms with Gasteiger partial charge in [0.25, 0.3) is 0 Å². The summed E-state index contributed by atoms with van der Waals surface area (Å²) in [7, 11) is 1.41. The van der Waals surface area contributed by atoms with E-state index in [9.17, 15) is 4.79 Å². The van der Waals surface area contributed by atoms with Crippen molar-refractivity contribution in [3.8, 4) is 0 Å². The van der Waals surface area contributed by atoms with Crippen LogP contribution in [0.15, 0.2) is 30.3 Å². The summed E-state index contributed by atoms with van der Waals surface area (Å²) in [5, 5.41) is 4.57. The zero-order chi connectivity index (χ0) is 15.8. The van der Waals surface area contributed by atoms with Gasteiger partial charge in [0.1, 0.15) is 4.32 Å². The Hall–Kier alpha value is -1.11. The molecular weight excluding hydrogens is 334 g/mol. The number of hydrogen-bond acceptors (Lipinski definition) is 5. The van der Waals surface area contributed by atoms with E-state index in [1.807, 2.05) is 11.3 Å². The molecule has 0 saturated heterocycles. The average molecular weight is 354 g/mol. The van der Waals surface area contributed by atoms with E-state index in [1.165, 1.54) is 22.1 Å². The molecule has 118 valence electrons. The highest BCUT2D eigenvalue weighted by Crippen LogP contribution is 2.25. The summed E-state index contributed by atoms with van der Waals surface area (Å²) in [5.74, 6) is 0.674. The van der Waals surface area contributed by atoms with Crippen molar-refractivity contribution in [2.45, 2.75) is 19.3 Å². The van der Waals surface area contributed by atoms with Gasteiger partial charge in [-0.05, 0) is 30.4 Å². The molecule has 0 aliphatic rings. The Morgan fingerprint density at radius 1 is 1.41 bits per heavy atom. The number of esters is 1. The van der Waals surface area contributed by atoms with Gasteiger partial charge in [-0.15, -0.1) is 11.3 Å². The number of hydrogen-bond donors (Lipinski definition) is 1. The molecule has 0 aliphatic heterocycles. The number of nitrogens with one attached hydrogen (secondary N) is 1. The number of carbonyl (C=O) groups excluding carboxylic acids is 1. The Bertz CT molecular complexity index is 606. The van der Waals surface area contributed by atoms with E-state index in [4.69, 9.17) is 12.2 Å².